The molecule has 0 N–H and O–H groups in total. The largest absolute Gasteiger partial charge is 0.313 e. The van der Waals surface area contributed by atoms with E-state index in [9.17, 15) is 4.79 Å². The summed E-state index contributed by atoms with van der Waals surface area (Å²) in [6.07, 6.45) is 31.5. The molecule has 0 saturated carbocycles. The maximum Gasteiger partial charge on any atom is 0.313 e. The van der Waals surface area contributed by atoms with Crippen molar-refractivity contribution in [1.82, 2.24) is 0 Å². The van der Waals surface area contributed by atoms with Crippen LogP contribution in [-0.4, -0.2) is 30.5 Å². The van der Waals surface area contributed by atoms with E-state index in [0.717, 1.165) is 25.9 Å². The summed E-state index contributed by atoms with van der Waals surface area (Å²) in [5.41, 5.74) is 0. The van der Waals surface area contributed by atoms with E-state index in [0.29, 0.717) is 10.4 Å². The van der Waals surface area contributed by atoms with Crippen molar-refractivity contribution in [2.75, 3.05) is 20.1 Å². The first kappa shape index (κ1) is 32.6. The van der Waals surface area contributed by atoms with Gasteiger partial charge in [0, 0.05) is 0 Å². The van der Waals surface area contributed by atoms with Gasteiger partial charge in [0.25, 0.3) is 0 Å². The molecule has 0 aliphatic heterocycles. The molecule has 2 heteroatoms. The smallest absolute Gasteiger partial charge is 0.263 e. The van der Waals surface area contributed by atoms with Crippen LogP contribution in [0.3, 0.4) is 0 Å². The minimum Gasteiger partial charge on any atom is -0.263 e. The average Bonchev–Trinajstić information content (AvgIpc) is 2.82. The molecule has 198 valence electrons. The molecule has 0 saturated heterocycles. The van der Waals surface area contributed by atoms with Crippen molar-refractivity contribution in [2.24, 2.45) is 0 Å². The molecule has 0 aromatic carbocycles. The molecule has 0 rings (SSSR count). The van der Waals surface area contributed by atoms with Gasteiger partial charge in [-0.3, -0.25) is 4.48 Å². The topological polar surface area (TPSA) is 17.1 Å². The third-order valence-corrected chi connectivity index (χ3v) is 7.61. The minimum atomic E-state index is 0.519. The van der Waals surface area contributed by atoms with Crippen molar-refractivity contribution in [3.63, 3.8) is 0 Å². The molecular weight excluding hydrogens is 402 g/mol. The molecule has 0 aromatic rings. The van der Waals surface area contributed by atoms with Gasteiger partial charge in [-0.1, -0.05) is 136 Å². The Bertz CT molecular complexity index is 408. The fourth-order valence-corrected chi connectivity index (χ4v) is 5.05. The Balaban J connectivity index is 4.07. The Hall–Kier alpha value is -0.370. The molecule has 33 heavy (non-hydrogen) atoms. The Morgan fingerprint density at radius 1 is 0.424 bits per heavy atom. The normalized spacial score (nSPS) is 13.3. The summed E-state index contributed by atoms with van der Waals surface area (Å²) < 4.78 is 0.706. The monoisotopic (exact) mass is 466 g/mol. The number of nitrogens with zero attached hydrogens (tertiary/aromatic N) is 1. The number of amides is 1. The maximum atomic E-state index is 13.2. The van der Waals surface area contributed by atoms with E-state index in [1.807, 2.05) is 0 Å². The number of rotatable bonds is 26. The van der Waals surface area contributed by atoms with Crippen molar-refractivity contribution in [2.45, 2.75) is 175 Å². The van der Waals surface area contributed by atoms with Crippen molar-refractivity contribution < 1.29 is 9.28 Å². The highest BCUT2D eigenvalue weighted by atomic mass is 16.2. The first-order valence-electron chi connectivity index (χ1n) is 15.5. The number of hydrogen-bond donors (Lipinski definition) is 0. The van der Waals surface area contributed by atoms with Crippen LogP contribution >= 0.6 is 0 Å². The molecule has 0 spiro atoms. The second-order valence-corrected chi connectivity index (χ2v) is 11.1. The summed E-state index contributed by atoms with van der Waals surface area (Å²) in [6.45, 7) is 8.97. The average molecular weight is 467 g/mol. The van der Waals surface area contributed by atoms with E-state index in [-0.39, 0.29) is 0 Å². The van der Waals surface area contributed by atoms with E-state index in [1.165, 1.54) is 141 Å². The van der Waals surface area contributed by atoms with Crippen LogP contribution in [0.5, 0.6) is 0 Å². The van der Waals surface area contributed by atoms with Crippen LogP contribution in [0.1, 0.15) is 175 Å². The van der Waals surface area contributed by atoms with Crippen molar-refractivity contribution >= 4 is 5.91 Å². The summed E-state index contributed by atoms with van der Waals surface area (Å²) in [4.78, 5) is 13.2. The summed E-state index contributed by atoms with van der Waals surface area (Å²) in [5.74, 6) is 0.519. The van der Waals surface area contributed by atoms with Crippen LogP contribution in [-0.2, 0) is 4.79 Å². The summed E-state index contributed by atoms with van der Waals surface area (Å²) in [6, 6.07) is 0. The van der Waals surface area contributed by atoms with Crippen LogP contribution in [0.2, 0.25) is 0 Å². The molecule has 0 aliphatic carbocycles. The molecule has 0 radical (unpaired) electrons. The van der Waals surface area contributed by atoms with E-state index < -0.39 is 0 Å². The SMILES string of the molecule is CCCCCCCCCCCCCC(=O)[N+](C)(CCCCCC)CCCCCCCCCC. The molecule has 0 aromatic heterocycles. The lowest BCUT2D eigenvalue weighted by atomic mass is 10.0. The highest BCUT2D eigenvalue weighted by Gasteiger charge is 2.29. The van der Waals surface area contributed by atoms with Gasteiger partial charge < -0.3 is 0 Å². The number of hydrogen-bond acceptors (Lipinski definition) is 1. The number of carbonyl (C=O) groups is 1. The Kier molecular flexibility index (Phi) is 24.5. The molecular formula is C31H64NO+. The quantitative estimate of drug-likeness (QED) is 0.0914. The molecule has 1 unspecified atom stereocenters. The Morgan fingerprint density at radius 3 is 1.06 bits per heavy atom. The van der Waals surface area contributed by atoms with Crippen LogP contribution < -0.4 is 0 Å². The van der Waals surface area contributed by atoms with Crippen LogP contribution in [0.15, 0.2) is 0 Å². The predicted molar refractivity (Wildman–Crippen MR) is 149 cm³/mol. The molecule has 0 bridgehead atoms. The molecule has 2 nitrogen and oxygen atoms in total. The fourth-order valence-electron chi connectivity index (χ4n) is 5.05. The van der Waals surface area contributed by atoms with Gasteiger partial charge in [-0.15, -0.1) is 0 Å². The van der Waals surface area contributed by atoms with Gasteiger partial charge in [0.05, 0.1) is 26.6 Å². The third-order valence-electron chi connectivity index (χ3n) is 7.61. The van der Waals surface area contributed by atoms with Gasteiger partial charge in [-0.25, -0.2) is 4.79 Å². The minimum absolute atomic E-state index is 0.519. The lowest BCUT2D eigenvalue weighted by molar-refractivity contribution is -0.835. The third kappa shape index (κ3) is 20.7. The zero-order valence-corrected chi connectivity index (χ0v) is 23.7. The van der Waals surface area contributed by atoms with Crippen LogP contribution in [0.25, 0.3) is 0 Å². The Morgan fingerprint density at radius 2 is 0.697 bits per heavy atom. The summed E-state index contributed by atoms with van der Waals surface area (Å²) in [5, 5.41) is 0. The zero-order chi connectivity index (χ0) is 24.5. The number of unbranched alkanes of at least 4 members (excludes halogenated alkanes) is 20. The van der Waals surface area contributed by atoms with E-state index in [4.69, 9.17) is 0 Å². The number of quaternary nitrogens is 1. The van der Waals surface area contributed by atoms with Gasteiger partial charge >= 0.3 is 5.91 Å². The summed E-state index contributed by atoms with van der Waals surface area (Å²) in [7, 11) is 2.24. The maximum absolute atomic E-state index is 13.2. The van der Waals surface area contributed by atoms with Gasteiger partial charge in [0.1, 0.15) is 0 Å². The van der Waals surface area contributed by atoms with Gasteiger partial charge in [-0.05, 0) is 32.1 Å². The van der Waals surface area contributed by atoms with E-state index >= 15 is 0 Å². The molecule has 0 fully saturated rings. The lowest BCUT2D eigenvalue weighted by Crippen LogP contribution is -2.50. The molecule has 0 heterocycles. The van der Waals surface area contributed by atoms with E-state index in [2.05, 4.69) is 27.8 Å². The second kappa shape index (κ2) is 24.7. The van der Waals surface area contributed by atoms with E-state index in [1.54, 1.807) is 0 Å². The fraction of sp³-hybridized carbons (Fsp3) is 0.968. The van der Waals surface area contributed by atoms with Crippen molar-refractivity contribution in [3.8, 4) is 0 Å². The summed E-state index contributed by atoms with van der Waals surface area (Å²) >= 11 is 0. The standard InChI is InChI=1S/C31H64NO/c1-5-8-11-14-16-18-19-20-21-23-25-28-31(33)32(4,29-26-13-10-7-3)30-27-24-22-17-15-12-9-6-2/h5-30H2,1-4H3/q+1. The lowest BCUT2D eigenvalue weighted by Gasteiger charge is -2.32. The van der Waals surface area contributed by atoms with Crippen LogP contribution in [0, 0.1) is 0 Å². The van der Waals surface area contributed by atoms with Gasteiger partial charge in [0.15, 0.2) is 0 Å². The number of carbonyl (C=O) groups excluding carboxylic acids is 1. The molecule has 1 atom stereocenters. The predicted octanol–water partition coefficient (Wildman–Crippen LogP) is 10.4. The van der Waals surface area contributed by atoms with Gasteiger partial charge in [-0.2, -0.15) is 0 Å². The Labute approximate surface area is 210 Å². The second-order valence-electron chi connectivity index (χ2n) is 11.1. The highest BCUT2D eigenvalue weighted by molar-refractivity contribution is 5.68. The van der Waals surface area contributed by atoms with Crippen LogP contribution in [0.4, 0.5) is 0 Å². The van der Waals surface area contributed by atoms with Gasteiger partial charge in [0.2, 0.25) is 0 Å². The van der Waals surface area contributed by atoms with Crippen molar-refractivity contribution in [3.05, 3.63) is 0 Å². The molecule has 1 amide bonds. The highest BCUT2D eigenvalue weighted by Crippen LogP contribution is 2.18. The first-order valence-corrected chi connectivity index (χ1v) is 15.5. The van der Waals surface area contributed by atoms with Crippen molar-refractivity contribution in [1.29, 1.82) is 0 Å². The zero-order valence-electron chi connectivity index (χ0n) is 23.7. The molecule has 0 aliphatic rings. The first-order chi connectivity index (χ1) is 16.1.